The van der Waals surface area contributed by atoms with Crippen LogP contribution in [0, 0.1) is 5.41 Å². The average molecular weight is 472 g/mol. The molecule has 0 spiro atoms. The number of carbonyl (C=O) groups excluding carboxylic acids is 2. The molecule has 2 aliphatic rings. The molecule has 0 saturated heterocycles. The lowest BCUT2D eigenvalue weighted by Gasteiger charge is -2.38. The van der Waals surface area contributed by atoms with Crippen LogP contribution in [-0.4, -0.2) is 29.8 Å². The van der Waals surface area contributed by atoms with Crippen LogP contribution >= 0.6 is 23.2 Å². The maximum Gasteiger partial charge on any atom is 0.322 e. The number of carbonyl (C=O) groups is 2. The van der Waals surface area contributed by atoms with Crippen LogP contribution in [0.4, 0.5) is 10.5 Å². The van der Waals surface area contributed by atoms with Crippen molar-refractivity contribution in [3.8, 4) is 0 Å². The molecule has 5 nitrogen and oxygen atoms in total. The summed E-state index contributed by atoms with van der Waals surface area (Å²) >= 11 is 12.1. The first-order valence-electron chi connectivity index (χ1n) is 10.8. The van der Waals surface area contributed by atoms with Gasteiger partial charge in [-0.1, -0.05) is 61.3 Å². The molecule has 0 aromatic heterocycles. The molecule has 1 atom stereocenters. The first kappa shape index (κ1) is 22.7. The number of fused-ring (bicyclic) bond motifs is 1. The van der Waals surface area contributed by atoms with Gasteiger partial charge in [-0.25, -0.2) is 4.79 Å². The summed E-state index contributed by atoms with van der Waals surface area (Å²) in [5.74, 6) is 0.141. The van der Waals surface area contributed by atoms with Gasteiger partial charge in [0.25, 0.3) is 0 Å². The number of hydrogen-bond donors (Lipinski definition) is 2. The van der Waals surface area contributed by atoms with E-state index in [1.165, 1.54) is 5.56 Å². The lowest BCUT2D eigenvalue weighted by molar-refractivity contribution is -0.117. The van der Waals surface area contributed by atoms with Crippen LogP contribution in [0.5, 0.6) is 0 Å². The predicted octanol–water partition coefficient (Wildman–Crippen LogP) is 5.99. The molecule has 1 aliphatic carbocycles. The van der Waals surface area contributed by atoms with Gasteiger partial charge in [-0.2, -0.15) is 0 Å². The largest absolute Gasteiger partial charge is 0.386 e. The van der Waals surface area contributed by atoms with E-state index in [1.807, 2.05) is 17.0 Å². The fourth-order valence-electron chi connectivity index (χ4n) is 4.57. The average Bonchev–Trinajstić information content (AvgIpc) is 2.73. The predicted molar refractivity (Wildman–Crippen MR) is 129 cm³/mol. The molecule has 2 aromatic carbocycles. The molecule has 0 bridgehead atoms. The van der Waals surface area contributed by atoms with Crippen LogP contribution in [0.3, 0.4) is 0 Å². The van der Waals surface area contributed by atoms with Crippen LogP contribution in [0.2, 0.25) is 10.0 Å². The van der Waals surface area contributed by atoms with Gasteiger partial charge < -0.3 is 15.5 Å². The molecule has 2 aromatic rings. The van der Waals surface area contributed by atoms with Crippen LogP contribution in [0.15, 0.2) is 54.2 Å². The molecular weight excluding hydrogens is 445 g/mol. The second-order valence-corrected chi connectivity index (χ2v) is 10.1. The lowest BCUT2D eigenvalue weighted by atomic mass is 9.79. The highest BCUT2D eigenvalue weighted by Gasteiger charge is 2.32. The number of urea groups is 1. The third-order valence-electron chi connectivity index (χ3n) is 6.02. The van der Waals surface area contributed by atoms with Gasteiger partial charge in [0.05, 0.1) is 16.1 Å². The quantitative estimate of drug-likeness (QED) is 0.575. The standard InChI is InChI=1S/C25H27Cl2N3O2/c1-25(2)13-18(11-19(31)14-25)28-15-23-20-6-4-3-5-16(20)9-10-30(23)24(32)29-17-7-8-21(26)22(27)12-17/h3-8,11-12,23,28H,9-10,13-15H2,1-2H3,(H,29,32)/t23-/m1/s1. The van der Waals surface area contributed by atoms with Gasteiger partial charge in [0, 0.05) is 37.0 Å². The zero-order valence-corrected chi connectivity index (χ0v) is 19.8. The minimum atomic E-state index is -0.196. The second kappa shape index (κ2) is 9.16. The summed E-state index contributed by atoms with van der Waals surface area (Å²) in [6.07, 6.45) is 3.86. The van der Waals surface area contributed by atoms with Crippen molar-refractivity contribution in [1.29, 1.82) is 0 Å². The summed E-state index contributed by atoms with van der Waals surface area (Å²) in [6, 6.07) is 12.9. The first-order valence-corrected chi connectivity index (χ1v) is 11.6. The number of ketones is 1. The Bertz CT molecular complexity index is 1080. The minimum absolute atomic E-state index is 0.0659. The smallest absolute Gasteiger partial charge is 0.322 e. The number of hydrogen-bond acceptors (Lipinski definition) is 3. The second-order valence-electron chi connectivity index (χ2n) is 9.25. The van der Waals surface area contributed by atoms with Crippen LogP contribution < -0.4 is 10.6 Å². The highest BCUT2D eigenvalue weighted by Crippen LogP contribution is 2.34. The van der Waals surface area contributed by atoms with E-state index >= 15 is 0 Å². The molecule has 168 valence electrons. The van der Waals surface area contributed by atoms with Crippen molar-refractivity contribution in [2.45, 2.75) is 39.2 Å². The Morgan fingerprint density at radius 2 is 1.91 bits per heavy atom. The Morgan fingerprint density at radius 1 is 1.12 bits per heavy atom. The lowest BCUT2D eigenvalue weighted by Crippen LogP contribution is -2.46. The monoisotopic (exact) mass is 471 g/mol. The van der Waals surface area contributed by atoms with Gasteiger partial charge in [-0.05, 0) is 47.6 Å². The number of benzene rings is 2. The van der Waals surface area contributed by atoms with Gasteiger partial charge in [0.1, 0.15) is 0 Å². The summed E-state index contributed by atoms with van der Waals surface area (Å²) in [5.41, 5.74) is 3.82. The third kappa shape index (κ3) is 5.11. The van der Waals surface area contributed by atoms with Crippen molar-refractivity contribution in [2.24, 2.45) is 5.41 Å². The number of rotatable bonds is 4. The highest BCUT2D eigenvalue weighted by atomic mass is 35.5. The summed E-state index contributed by atoms with van der Waals surface area (Å²) in [5, 5.41) is 7.24. The van der Waals surface area contributed by atoms with E-state index in [0.29, 0.717) is 35.2 Å². The zero-order chi connectivity index (χ0) is 22.9. The molecule has 0 saturated carbocycles. The van der Waals surface area contributed by atoms with E-state index in [9.17, 15) is 9.59 Å². The maximum absolute atomic E-state index is 13.2. The summed E-state index contributed by atoms with van der Waals surface area (Å²) in [7, 11) is 0. The van der Waals surface area contributed by atoms with Crippen LogP contribution in [0.25, 0.3) is 0 Å². The molecule has 0 radical (unpaired) electrons. The molecule has 2 amide bonds. The van der Waals surface area contributed by atoms with E-state index in [-0.39, 0.29) is 23.3 Å². The molecule has 7 heteroatoms. The highest BCUT2D eigenvalue weighted by molar-refractivity contribution is 6.42. The molecule has 2 N–H and O–H groups in total. The summed E-state index contributed by atoms with van der Waals surface area (Å²) in [4.78, 5) is 27.2. The van der Waals surface area contributed by atoms with Crippen molar-refractivity contribution in [1.82, 2.24) is 10.2 Å². The Hall–Kier alpha value is -2.50. The minimum Gasteiger partial charge on any atom is -0.386 e. The Balaban J connectivity index is 1.55. The SMILES string of the molecule is CC1(C)CC(=O)C=C(NC[C@@H]2c3ccccc3CCN2C(=O)Nc2ccc(Cl)c(Cl)c2)C1. The van der Waals surface area contributed by atoms with Crippen LogP contribution in [-0.2, 0) is 11.2 Å². The summed E-state index contributed by atoms with van der Waals surface area (Å²) < 4.78 is 0. The van der Waals surface area contributed by atoms with E-state index in [4.69, 9.17) is 23.2 Å². The van der Waals surface area contributed by atoms with Crippen molar-refractivity contribution in [2.75, 3.05) is 18.4 Å². The number of nitrogens with one attached hydrogen (secondary N) is 2. The van der Waals surface area contributed by atoms with E-state index in [2.05, 4.69) is 36.6 Å². The Morgan fingerprint density at radius 3 is 2.66 bits per heavy atom. The topological polar surface area (TPSA) is 61.4 Å². The third-order valence-corrected chi connectivity index (χ3v) is 6.76. The van der Waals surface area contributed by atoms with E-state index < -0.39 is 0 Å². The first-order chi connectivity index (χ1) is 15.2. The number of anilines is 1. The van der Waals surface area contributed by atoms with E-state index in [0.717, 1.165) is 24.1 Å². The molecule has 1 aliphatic heterocycles. The molecule has 32 heavy (non-hydrogen) atoms. The van der Waals surface area contributed by atoms with Gasteiger partial charge in [0.15, 0.2) is 5.78 Å². The fraction of sp³-hybridized carbons (Fsp3) is 0.360. The van der Waals surface area contributed by atoms with Gasteiger partial charge >= 0.3 is 6.03 Å². The molecule has 1 heterocycles. The van der Waals surface area contributed by atoms with Crippen molar-refractivity contribution < 1.29 is 9.59 Å². The Labute approximate surface area is 198 Å². The van der Waals surface area contributed by atoms with Crippen molar-refractivity contribution in [3.05, 3.63) is 75.4 Å². The number of nitrogens with zero attached hydrogens (tertiary/aromatic N) is 1. The number of amides is 2. The molecule has 0 unspecified atom stereocenters. The molecular formula is C25H27Cl2N3O2. The normalized spacial score (nSPS) is 19.8. The zero-order valence-electron chi connectivity index (χ0n) is 18.3. The molecule has 0 fully saturated rings. The fourth-order valence-corrected chi connectivity index (χ4v) is 4.87. The number of halogens is 2. The Kier molecular flexibility index (Phi) is 6.50. The van der Waals surface area contributed by atoms with E-state index in [1.54, 1.807) is 24.3 Å². The molecule has 4 rings (SSSR count). The van der Waals surface area contributed by atoms with Crippen LogP contribution in [0.1, 0.15) is 43.9 Å². The number of allylic oxidation sites excluding steroid dienone is 2. The van der Waals surface area contributed by atoms with Crippen molar-refractivity contribution >= 4 is 40.7 Å². The van der Waals surface area contributed by atoms with Crippen molar-refractivity contribution in [3.63, 3.8) is 0 Å². The maximum atomic E-state index is 13.2. The van der Waals surface area contributed by atoms with Gasteiger partial charge in [-0.3, -0.25) is 4.79 Å². The van der Waals surface area contributed by atoms with Gasteiger partial charge in [0.2, 0.25) is 0 Å². The summed E-state index contributed by atoms with van der Waals surface area (Å²) in [6.45, 7) is 5.33. The van der Waals surface area contributed by atoms with Gasteiger partial charge in [-0.15, -0.1) is 0 Å².